The van der Waals surface area contributed by atoms with Crippen LogP contribution >= 0.6 is 0 Å². The predicted octanol–water partition coefficient (Wildman–Crippen LogP) is 0.727. The summed E-state index contributed by atoms with van der Waals surface area (Å²) in [4.78, 5) is 54.8. The molecule has 0 fully saturated rings. The summed E-state index contributed by atoms with van der Waals surface area (Å²) in [6, 6.07) is 5.42. The van der Waals surface area contributed by atoms with Gasteiger partial charge in [-0.25, -0.2) is 14.8 Å². The van der Waals surface area contributed by atoms with Crippen LogP contribution in [0.1, 0.15) is 42.2 Å². The molecular weight excluding hydrogens is 506 g/mol. The van der Waals surface area contributed by atoms with Gasteiger partial charge in [0.1, 0.15) is 6.04 Å². The number of carbonyl (C=O) groups is 3. The number of nitrogen functional groups attached to an aromatic ring is 2. The third-order valence-corrected chi connectivity index (χ3v) is 5.65. The van der Waals surface area contributed by atoms with Gasteiger partial charge >= 0.3 is 5.97 Å². The summed E-state index contributed by atoms with van der Waals surface area (Å²) in [6.07, 6.45) is 2.37. The SMILES string of the molecule is CCCOCCNC(=O)CCC(NC(=O)c1ccc(N(C)Cc2cnc3nc(N)nc(N)c3n2)cc1)C(=O)O. The van der Waals surface area contributed by atoms with Crippen LogP contribution in [0, 0.1) is 0 Å². The minimum absolute atomic E-state index is 0.0205. The molecule has 1 unspecified atom stereocenters. The van der Waals surface area contributed by atoms with Crippen molar-refractivity contribution in [1.29, 1.82) is 0 Å². The molecule has 0 bridgehead atoms. The molecule has 208 valence electrons. The topological polar surface area (TPSA) is 212 Å². The van der Waals surface area contributed by atoms with Crippen LogP contribution in [0.25, 0.3) is 11.2 Å². The van der Waals surface area contributed by atoms with Gasteiger partial charge in [-0.3, -0.25) is 9.59 Å². The van der Waals surface area contributed by atoms with Gasteiger partial charge in [0.05, 0.1) is 25.0 Å². The number of nitrogens with two attached hydrogens (primary N) is 2. The molecule has 2 heterocycles. The lowest BCUT2D eigenvalue weighted by atomic mass is 10.1. The number of hydrogen-bond donors (Lipinski definition) is 5. The molecule has 0 aliphatic rings. The first-order valence-corrected chi connectivity index (χ1v) is 12.4. The maximum Gasteiger partial charge on any atom is 0.326 e. The number of amides is 2. The third kappa shape index (κ3) is 8.46. The van der Waals surface area contributed by atoms with E-state index in [0.29, 0.717) is 43.2 Å². The number of nitrogens with zero attached hydrogens (tertiary/aromatic N) is 5. The molecule has 39 heavy (non-hydrogen) atoms. The number of fused-ring (bicyclic) bond motifs is 1. The number of anilines is 3. The van der Waals surface area contributed by atoms with Gasteiger partial charge < -0.3 is 36.8 Å². The molecule has 3 rings (SSSR count). The molecule has 1 aromatic carbocycles. The number of aromatic nitrogens is 4. The Kier molecular flexibility index (Phi) is 10.3. The number of carboxylic acid groups (broad SMARTS) is 1. The predicted molar refractivity (Wildman–Crippen MR) is 145 cm³/mol. The molecule has 0 aliphatic heterocycles. The lowest BCUT2D eigenvalue weighted by Gasteiger charge is -2.19. The molecule has 14 heteroatoms. The Morgan fingerprint density at radius 3 is 2.54 bits per heavy atom. The highest BCUT2D eigenvalue weighted by molar-refractivity contribution is 5.97. The van der Waals surface area contributed by atoms with Crippen molar-refractivity contribution in [2.75, 3.05) is 43.2 Å². The van der Waals surface area contributed by atoms with E-state index < -0.39 is 17.9 Å². The van der Waals surface area contributed by atoms with E-state index in [0.717, 1.165) is 12.1 Å². The van der Waals surface area contributed by atoms with E-state index in [9.17, 15) is 19.5 Å². The van der Waals surface area contributed by atoms with Gasteiger partial charge in [-0.1, -0.05) is 6.92 Å². The van der Waals surface area contributed by atoms with Crippen molar-refractivity contribution in [1.82, 2.24) is 30.6 Å². The van der Waals surface area contributed by atoms with Crippen molar-refractivity contribution in [2.45, 2.75) is 38.8 Å². The van der Waals surface area contributed by atoms with Crippen molar-refractivity contribution < 1.29 is 24.2 Å². The average molecular weight is 540 g/mol. The number of hydrogen-bond acceptors (Lipinski definition) is 11. The van der Waals surface area contributed by atoms with E-state index in [2.05, 4.69) is 30.6 Å². The molecule has 0 saturated heterocycles. The summed E-state index contributed by atoms with van der Waals surface area (Å²) < 4.78 is 5.29. The molecule has 0 spiro atoms. The first kappa shape index (κ1) is 29.0. The number of benzene rings is 1. The fraction of sp³-hybridized carbons (Fsp3) is 0.400. The monoisotopic (exact) mass is 539 g/mol. The molecule has 0 saturated carbocycles. The average Bonchev–Trinajstić information content (AvgIpc) is 2.91. The number of rotatable bonds is 14. The number of carboxylic acids is 1. The molecule has 3 aromatic rings. The van der Waals surface area contributed by atoms with Gasteiger partial charge in [0.15, 0.2) is 17.0 Å². The number of aliphatic carboxylic acids is 1. The van der Waals surface area contributed by atoms with Gasteiger partial charge in [-0.15, -0.1) is 0 Å². The second-order valence-electron chi connectivity index (χ2n) is 8.77. The van der Waals surface area contributed by atoms with E-state index in [4.69, 9.17) is 16.2 Å². The zero-order valence-electron chi connectivity index (χ0n) is 21.9. The van der Waals surface area contributed by atoms with Crippen LogP contribution in [0.3, 0.4) is 0 Å². The number of carbonyl (C=O) groups excluding carboxylic acids is 2. The lowest BCUT2D eigenvalue weighted by Crippen LogP contribution is -2.41. The van der Waals surface area contributed by atoms with Crippen LogP contribution < -0.4 is 27.0 Å². The zero-order valence-corrected chi connectivity index (χ0v) is 21.9. The Hall–Kier alpha value is -4.59. The van der Waals surface area contributed by atoms with Crippen molar-refractivity contribution in [2.24, 2.45) is 0 Å². The summed E-state index contributed by atoms with van der Waals surface area (Å²) >= 11 is 0. The maximum atomic E-state index is 12.7. The number of nitrogens with one attached hydrogen (secondary N) is 2. The molecule has 0 radical (unpaired) electrons. The van der Waals surface area contributed by atoms with Crippen molar-refractivity contribution >= 4 is 46.4 Å². The van der Waals surface area contributed by atoms with Crippen LogP contribution in [0.2, 0.25) is 0 Å². The van der Waals surface area contributed by atoms with Crippen LogP contribution in [0.4, 0.5) is 17.5 Å². The molecule has 14 nitrogen and oxygen atoms in total. The minimum Gasteiger partial charge on any atom is -0.480 e. The quantitative estimate of drug-likeness (QED) is 0.179. The van der Waals surface area contributed by atoms with E-state index in [-0.39, 0.29) is 36.1 Å². The van der Waals surface area contributed by atoms with E-state index in [1.165, 1.54) is 0 Å². The minimum atomic E-state index is -1.22. The lowest BCUT2D eigenvalue weighted by molar-refractivity contribution is -0.139. The van der Waals surface area contributed by atoms with E-state index in [1.54, 1.807) is 30.5 Å². The third-order valence-electron chi connectivity index (χ3n) is 5.65. The summed E-state index contributed by atoms with van der Waals surface area (Å²) in [6.45, 7) is 3.71. The van der Waals surface area contributed by atoms with Gasteiger partial charge in [-0.2, -0.15) is 9.97 Å². The first-order valence-electron chi connectivity index (χ1n) is 12.4. The van der Waals surface area contributed by atoms with E-state index >= 15 is 0 Å². The maximum absolute atomic E-state index is 12.7. The highest BCUT2D eigenvalue weighted by Gasteiger charge is 2.22. The Morgan fingerprint density at radius 1 is 1.10 bits per heavy atom. The summed E-state index contributed by atoms with van der Waals surface area (Å²) in [7, 11) is 1.84. The summed E-state index contributed by atoms with van der Waals surface area (Å²) in [5.41, 5.74) is 13.8. The van der Waals surface area contributed by atoms with E-state index in [1.807, 2.05) is 18.9 Å². The van der Waals surface area contributed by atoms with Crippen molar-refractivity contribution in [3.05, 3.63) is 41.7 Å². The highest BCUT2D eigenvalue weighted by atomic mass is 16.5. The smallest absolute Gasteiger partial charge is 0.326 e. The Bertz CT molecular complexity index is 1300. The Balaban J connectivity index is 1.54. The molecular formula is C25H33N9O5. The Morgan fingerprint density at radius 2 is 1.85 bits per heavy atom. The summed E-state index contributed by atoms with van der Waals surface area (Å²) in [5.74, 6) is -1.92. The zero-order chi connectivity index (χ0) is 28.4. The molecule has 1 atom stereocenters. The molecule has 7 N–H and O–H groups in total. The van der Waals surface area contributed by atoms with Crippen LogP contribution in [0.15, 0.2) is 30.5 Å². The standard InChI is InChI=1S/C25H33N9O5/c1-3-11-39-12-10-28-19(35)9-8-18(24(37)38)31-23(36)15-4-6-17(7-5-15)34(2)14-16-13-29-22-20(30-16)21(26)32-25(27)33-22/h4-7,13,18H,3,8-12,14H2,1-2H3,(H,28,35)(H,31,36)(H,37,38)(H4,26,27,29,32,33). The van der Waals surface area contributed by atoms with Gasteiger partial charge in [0.25, 0.3) is 5.91 Å². The molecule has 2 aromatic heterocycles. The molecule has 0 aliphatic carbocycles. The highest BCUT2D eigenvalue weighted by Crippen LogP contribution is 2.19. The second kappa shape index (κ2) is 13.8. The second-order valence-corrected chi connectivity index (χ2v) is 8.77. The van der Waals surface area contributed by atoms with Crippen LogP contribution in [-0.2, 0) is 20.9 Å². The molecule has 2 amide bonds. The first-order chi connectivity index (χ1) is 18.7. The van der Waals surface area contributed by atoms with Gasteiger partial charge in [0.2, 0.25) is 11.9 Å². The van der Waals surface area contributed by atoms with Crippen molar-refractivity contribution in [3.8, 4) is 0 Å². The van der Waals surface area contributed by atoms with Gasteiger partial charge in [-0.05, 0) is 37.1 Å². The van der Waals surface area contributed by atoms with Crippen LogP contribution in [0.5, 0.6) is 0 Å². The number of ether oxygens (including phenoxy) is 1. The Labute approximate surface area is 225 Å². The summed E-state index contributed by atoms with van der Waals surface area (Å²) in [5, 5.41) is 14.7. The van der Waals surface area contributed by atoms with Crippen molar-refractivity contribution in [3.63, 3.8) is 0 Å². The normalized spacial score (nSPS) is 11.6. The van der Waals surface area contributed by atoms with Crippen LogP contribution in [-0.4, -0.2) is 75.7 Å². The largest absolute Gasteiger partial charge is 0.480 e. The fourth-order valence-electron chi connectivity index (χ4n) is 3.63. The fourth-order valence-corrected chi connectivity index (χ4v) is 3.63. The van der Waals surface area contributed by atoms with Gasteiger partial charge in [0, 0.05) is 37.9 Å².